The number of nitrogens with one attached hydrogen (secondary N) is 2. The number of thioether (sulfide) groups is 1. The molecule has 28 heavy (non-hydrogen) atoms. The highest BCUT2D eigenvalue weighted by Gasteiger charge is 2.22. The predicted octanol–water partition coefficient (Wildman–Crippen LogP) is 3.54. The second-order valence-corrected chi connectivity index (χ2v) is 8.94. The van der Waals surface area contributed by atoms with Gasteiger partial charge in [0.1, 0.15) is 0 Å². The van der Waals surface area contributed by atoms with Crippen LogP contribution in [0.15, 0.2) is 29.3 Å². The molecule has 2 fully saturated rings. The lowest BCUT2D eigenvalue weighted by molar-refractivity contribution is -0.128. The molecule has 1 aliphatic carbocycles. The van der Waals surface area contributed by atoms with Crippen LogP contribution in [-0.4, -0.2) is 47.4 Å². The molecule has 2 atom stereocenters. The third-order valence-corrected chi connectivity index (χ3v) is 6.70. The highest BCUT2D eigenvalue weighted by Crippen LogP contribution is 2.26. The van der Waals surface area contributed by atoms with Gasteiger partial charge < -0.3 is 15.5 Å². The average Bonchev–Trinajstić information content (AvgIpc) is 3.11. The number of amides is 1. The van der Waals surface area contributed by atoms with E-state index in [4.69, 9.17) is 4.99 Å². The number of carbonyl (C=O) groups is 1. The third kappa shape index (κ3) is 6.16. The lowest BCUT2D eigenvalue weighted by Gasteiger charge is -2.29. The minimum Gasteiger partial charge on any atom is -0.357 e. The predicted molar refractivity (Wildman–Crippen MR) is 119 cm³/mol. The van der Waals surface area contributed by atoms with E-state index in [1.165, 1.54) is 36.8 Å². The molecule has 154 valence electrons. The number of rotatable bonds is 7. The zero-order valence-electron chi connectivity index (χ0n) is 17.2. The number of likely N-dealkylation sites (tertiary alicyclic amines) is 1. The molecule has 0 bridgehead atoms. The van der Waals surface area contributed by atoms with Crippen molar-refractivity contribution in [3.05, 3.63) is 35.4 Å². The molecular formula is C22H34N4OS. The highest BCUT2D eigenvalue weighted by molar-refractivity contribution is 7.99. The molecule has 1 saturated heterocycles. The van der Waals surface area contributed by atoms with Gasteiger partial charge in [0.15, 0.2) is 5.96 Å². The Morgan fingerprint density at radius 2 is 2.14 bits per heavy atom. The van der Waals surface area contributed by atoms with Crippen molar-refractivity contribution in [1.29, 1.82) is 0 Å². The van der Waals surface area contributed by atoms with Crippen LogP contribution in [0.3, 0.4) is 0 Å². The molecule has 1 amide bonds. The van der Waals surface area contributed by atoms with E-state index in [1.807, 2.05) is 16.7 Å². The van der Waals surface area contributed by atoms with Crippen molar-refractivity contribution < 1.29 is 4.79 Å². The van der Waals surface area contributed by atoms with Crippen molar-refractivity contribution >= 4 is 23.6 Å². The Morgan fingerprint density at radius 1 is 1.29 bits per heavy atom. The minimum atomic E-state index is 0.276. The number of hydrogen-bond acceptors (Lipinski definition) is 3. The lowest BCUT2D eigenvalue weighted by Crippen LogP contribution is -2.45. The molecule has 2 unspecified atom stereocenters. The van der Waals surface area contributed by atoms with E-state index in [2.05, 4.69) is 48.1 Å². The Hall–Kier alpha value is -1.69. The topological polar surface area (TPSA) is 56.7 Å². The second kappa shape index (κ2) is 10.7. The van der Waals surface area contributed by atoms with Crippen LogP contribution >= 0.6 is 11.8 Å². The zero-order valence-corrected chi connectivity index (χ0v) is 18.1. The molecule has 2 aliphatic rings. The Kier molecular flexibility index (Phi) is 8.07. The normalized spacial score (nSPS) is 23.1. The van der Waals surface area contributed by atoms with Gasteiger partial charge in [-0.2, -0.15) is 11.8 Å². The summed E-state index contributed by atoms with van der Waals surface area (Å²) in [4.78, 5) is 18.7. The first-order valence-electron chi connectivity index (χ1n) is 10.6. The molecule has 5 nitrogen and oxygen atoms in total. The monoisotopic (exact) mass is 402 g/mol. The molecule has 1 heterocycles. The summed E-state index contributed by atoms with van der Waals surface area (Å²) in [5, 5.41) is 7.80. The Labute approximate surface area is 173 Å². The fourth-order valence-electron chi connectivity index (χ4n) is 4.09. The fraction of sp³-hybridized carbons (Fsp3) is 0.636. The molecule has 1 aliphatic heterocycles. The van der Waals surface area contributed by atoms with E-state index in [-0.39, 0.29) is 5.91 Å². The summed E-state index contributed by atoms with van der Waals surface area (Å²) < 4.78 is 0. The maximum Gasteiger partial charge on any atom is 0.222 e. The maximum absolute atomic E-state index is 11.9. The van der Waals surface area contributed by atoms with Crippen molar-refractivity contribution in [1.82, 2.24) is 15.5 Å². The summed E-state index contributed by atoms with van der Waals surface area (Å²) in [5.74, 6) is 1.19. The largest absolute Gasteiger partial charge is 0.357 e. The summed E-state index contributed by atoms with van der Waals surface area (Å²) in [6, 6.07) is 8.99. The van der Waals surface area contributed by atoms with Crippen LogP contribution in [0, 0.1) is 0 Å². The van der Waals surface area contributed by atoms with E-state index in [1.54, 1.807) is 0 Å². The van der Waals surface area contributed by atoms with Crippen molar-refractivity contribution in [2.75, 3.05) is 19.3 Å². The van der Waals surface area contributed by atoms with Crippen LogP contribution in [0.25, 0.3) is 0 Å². The molecule has 0 radical (unpaired) electrons. The van der Waals surface area contributed by atoms with Gasteiger partial charge in [0.25, 0.3) is 0 Å². The van der Waals surface area contributed by atoms with E-state index in [0.29, 0.717) is 25.6 Å². The summed E-state index contributed by atoms with van der Waals surface area (Å²) in [6.45, 7) is 5.22. The number of guanidine groups is 1. The van der Waals surface area contributed by atoms with Crippen molar-refractivity contribution in [3.8, 4) is 0 Å². The molecule has 0 aromatic heterocycles. The van der Waals surface area contributed by atoms with Crippen molar-refractivity contribution in [2.24, 2.45) is 4.99 Å². The third-order valence-electron chi connectivity index (χ3n) is 5.60. The fourth-order valence-corrected chi connectivity index (χ4v) is 4.92. The Morgan fingerprint density at radius 3 is 2.89 bits per heavy atom. The van der Waals surface area contributed by atoms with Gasteiger partial charge in [-0.1, -0.05) is 30.7 Å². The van der Waals surface area contributed by atoms with Crippen molar-refractivity contribution in [3.63, 3.8) is 0 Å². The summed E-state index contributed by atoms with van der Waals surface area (Å²) in [7, 11) is 0. The quantitative estimate of drug-likeness (QED) is 0.541. The molecule has 1 saturated carbocycles. The van der Waals surface area contributed by atoms with E-state index >= 15 is 0 Å². The van der Waals surface area contributed by atoms with Gasteiger partial charge in [-0.3, -0.25) is 4.79 Å². The highest BCUT2D eigenvalue weighted by atomic mass is 32.2. The van der Waals surface area contributed by atoms with E-state index in [0.717, 1.165) is 30.7 Å². The number of nitrogens with zero attached hydrogens (tertiary/aromatic N) is 2. The van der Waals surface area contributed by atoms with E-state index < -0.39 is 0 Å². The summed E-state index contributed by atoms with van der Waals surface area (Å²) in [5.41, 5.74) is 2.38. The van der Waals surface area contributed by atoms with Crippen LogP contribution < -0.4 is 10.6 Å². The smallest absolute Gasteiger partial charge is 0.222 e. The SMILES string of the molecule is CCNC(=NCc1cccc(CN2CCCC2=O)c1)NC1CCCC(SC)C1. The minimum absolute atomic E-state index is 0.276. The molecule has 3 rings (SSSR count). The first-order valence-corrected chi connectivity index (χ1v) is 11.9. The van der Waals surface area contributed by atoms with Crippen LogP contribution in [0.5, 0.6) is 0 Å². The van der Waals surface area contributed by atoms with Gasteiger partial charge in [-0.05, 0) is 50.0 Å². The van der Waals surface area contributed by atoms with Gasteiger partial charge in [-0.15, -0.1) is 0 Å². The number of aliphatic imine (C=N–C) groups is 1. The van der Waals surface area contributed by atoms with Gasteiger partial charge in [-0.25, -0.2) is 4.99 Å². The van der Waals surface area contributed by atoms with Gasteiger partial charge in [0, 0.05) is 37.3 Å². The summed E-state index contributed by atoms with van der Waals surface area (Å²) >= 11 is 1.99. The first-order chi connectivity index (χ1) is 13.7. The standard InChI is InChI=1S/C22H34N4OS/c1-3-23-22(25-19-9-5-10-20(14-19)28-2)24-15-17-7-4-8-18(13-17)16-26-12-6-11-21(26)27/h4,7-8,13,19-20H,3,5-6,9-12,14-16H2,1-2H3,(H2,23,24,25). The van der Waals surface area contributed by atoms with Crippen LogP contribution in [0.1, 0.15) is 56.6 Å². The number of carbonyl (C=O) groups excluding carboxylic acids is 1. The molecule has 6 heteroatoms. The second-order valence-electron chi connectivity index (χ2n) is 7.80. The number of benzene rings is 1. The van der Waals surface area contributed by atoms with Gasteiger partial charge >= 0.3 is 0 Å². The molecule has 1 aromatic rings. The van der Waals surface area contributed by atoms with Crippen LogP contribution in [0.2, 0.25) is 0 Å². The van der Waals surface area contributed by atoms with E-state index in [9.17, 15) is 4.79 Å². The number of hydrogen-bond donors (Lipinski definition) is 2. The average molecular weight is 403 g/mol. The molecular weight excluding hydrogens is 368 g/mol. The van der Waals surface area contributed by atoms with Crippen molar-refractivity contribution in [2.45, 2.75) is 69.8 Å². The van der Waals surface area contributed by atoms with Crippen LogP contribution in [0.4, 0.5) is 0 Å². The Balaban J connectivity index is 1.59. The molecule has 1 aromatic carbocycles. The van der Waals surface area contributed by atoms with Gasteiger partial charge in [0.2, 0.25) is 5.91 Å². The van der Waals surface area contributed by atoms with Crippen LogP contribution in [-0.2, 0) is 17.9 Å². The molecule has 2 N–H and O–H groups in total. The summed E-state index contributed by atoms with van der Waals surface area (Å²) in [6.07, 6.45) is 8.96. The molecule has 0 spiro atoms. The lowest BCUT2D eigenvalue weighted by atomic mass is 9.95. The first kappa shape index (κ1) is 21.0. The van der Waals surface area contributed by atoms with Gasteiger partial charge in [0.05, 0.1) is 6.54 Å². The Bertz CT molecular complexity index is 678. The zero-order chi connectivity index (χ0) is 19.8. The maximum atomic E-state index is 11.9.